The van der Waals surface area contributed by atoms with Gasteiger partial charge in [0, 0.05) is 24.6 Å². The summed E-state index contributed by atoms with van der Waals surface area (Å²) in [6.07, 6.45) is 0.216. The van der Waals surface area contributed by atoms with Crippen LogP contribution in [0.25, 0.3) is 0 Å². The predicted molar refractivity (Wildman–Crippen MR) is 78.2 cm³/mol. The Morgan fingerprint density at radius 3 is 3.15 bits per heavy atom. The summed E-state index contributed by atoms with van der Waals surface area (Å²) in [7, 11) is 0. The first-order valence-electron chi connectivity index (χ1n) is 7.12. The zero-order valence-corrected chi connectivity index (χ0v) is 11.8. The van der Waals surface area contributed by atoms with Crippen molar-refractivity contribution in [1.82, 2.24) is 4.90 Å². The molecule has 0 aliphatic carbocycles. The Hall–Kier alpha value is -1.75. The standard InChI is InChI=1S/C15H21N3O2/c1-11-9-18(6-7-19-11)15(16)17-8-12-10-20-14-5-3-2-4-13(12)14/h2-5,11-12H,6-10H2,1H3,(H2,16,17). The highest BCUT2D eigenvalue weighted by Crippen LogP contribution is 2.33. The van der Waals surface area contributed by atoms with Crippen molar-refractivity contribution in [3.8, 4) is 5.75 Å². The van der Waals surface area contributed by atoms with Crippen molar-refractivity contribution >= 4 is 5.96 Å². The number of hydrogen-bond acceptors (Lipinski definition) is 3. The first kappa shape index (κ1) is 13.2. The molecule has 5 heteroatoms. The van der Waals surface area contributed by atoms with Crippen molar-refractivity contribution in [3.63, 3.8) is 0 Å². The third-order valence-corrected chi connectivity index (χ3v) is 3.84. The van der Waals surface area contributed by atoms with Gasteiger partial charge in [0.25, 0.3) is 0 Å². The molecule has 5 nitrogen and oxygen atoms in total. The monoisotopic (exact) mass is 275 g/mol. The maximum absolute atomic E-state index is 6.09. The number of nitrogens with zero attached hydrogens (tertiary/aromatic N) is 2. The number of fused-ring (bicyclic) bond motifs is 1. The van der Waals surface area contributed by atoms with Crippen molar-refractivity contribution in [3.05, 3.63) is 29.8 Å². The summed E-state index contributed by atoms with van der Waals surface area (Å²) in [5.74, 6) is 1.90. The second-order valence-corrected chi connectivity index (χ2v) is 5.37. The summed E-state index contributed by atoms with van der Waals surface area (Å²) in [5, 5.41) is 0. The molecule has 1 fully saturated rings. The number of ether oxygens (including phenoxy) is 2. The molecule has 20 heavy (non-hydrogen) atoms. The molecule has 2 aliphatic heterocycles. The molecule has 0 radical (unpaired) electrons. The van der Waals surface area contributed by atoms with E-state index in [2.05, 4.69) is 22.9 Å². The first-order chi connectivity index (χ1) is 9.74. The lowest BCUT2D eigenvalue weighted by Crippen LogP contribution is -2.48. The van der Waals surface area contributed by atoms with Crippen LogP contribution in [0.4, 0.5) is 0 Å². The average Bonchev–Trinajstić information content (AvgIpc) is 2.88. The topological polar surface area (TPSA) is 60.1 Å². The molecular weight excluding hydrogens is 254 g/mol. The summed E-state index contributed by atoms with van der Waals surface area (Å²) in [5.41, 5.74) is 7.32. The van der Waals surface area contributed by atoms with Gasteiger partial charge in [-0.05, 0) is 13.0 Å². The van der Waals surface area contributed by atoms with Gasteiger partial charge >= 0.3 is 0 Å². The number of rotatable bonds is 2. The van der Waals surface area contributed by atoms with Crippen LogP contribution >= 0.6 is 0 Å². The molecule has 0 saturated carbocycles. The SMILES string of the molecule is CC1CN(C(N)=NCC2COc3ccccc32)CCO1. The molecule has 2 aliphatic rings. The van der Waals surface area contributed by atoms with Gasteiger partial charge in [0.2, 0.25) is 0 Å². The third-order valence-electron chi connectivity index (χ3n) is 3.84. The molecule has 1 saturated heterocycles. The van der Waals surface area contributed by atoms with Gasteiger partial charge in [-0.1, -0.05) is 18.2 Å². The van der Waals surface area contributed by atoms with E-state index in [1.54, 1.807) is 0 Å². The molecule has 0 aromatic heterocycles. The fourth-order valence-corrected chi connectivity index (χ4v) is 2.71. The van der Waals surface area contributed by atoms with Crippen LogP contribution in [0.1, 0.15) is 18.4 Å². The number of aliphatic imine (C=N–C) groups is 1. The van der Waals surface area contributed by atoms with E-state index in [9.17, 15) is 0 Å². The first-order valence-corrected chi connectivity index (χ1v) is 7.12. The maximum Gasteiger partial charge on any atom is 0.191 e. The summed E-state index contributed by atoms with van der Waals surface area (Å²) >= 11 is 0. The van der Waals surface area contributed by atoms with Crippen LogP contribution in [0.5, 0.6) is 5.75 Å². The van der Waals surface area contributed by atoms with Gasteiger partial charge in [-0.25, -0.2) is 0 Å². The Labute approximate surface area is 119 Å². The molecule has 2 atom stereocenters. The van der Waals surface area contributed by atoms with Gasteiger partial charge in [0.05, 0.1) is 25.9 Å². The zero-order valence-electron chi connectivity index (χ0n) is 11.8. The van der Waals surface area contributed by atoms with Gasteiger partial charge in [-0.2, -0.15) is 0 Å². The van der Waals surface area contributed by atoms with E-state index in [1.807, 2.05) is 18.2 Å². The normalized spacial score (nSPS) is 26.2. The van der Waals surface area contributed by atoms with E-state index in [0.717, 1.165) is 18.8 Å². The molecule has 0 spiro atoms. The van der Waals surface area contributed by atoms with Gasteiger partial charge in [-0.15, -0.1) is 0 Å². The Kier molecular flexibility index (Phi) is 3.78. The Morgan fingerprint density at radius 2 is 2.30 bits per heavy atom. The van der Waals surface area contributed by atoms with Gasteiger partial charge in [0.15, 0.2) is 5.96 Å². The third kappa shape index (κ3) is 2.72. The summed E-state index contributed by atoms with van der Waals surface area (Å²) in [6.45, 7) is 5.77. The van der Waals surface area contributed by atoms with E-state index in [1.165, 1.54) is 5.56 Å². The lowest BCUT2D eigenvalue weighted by atomic mass is 10.0. The molecule has 1 aromatic carbocycles. The lowest BCUT2D eigenvalue weighted by Gasteiger charge is -2.31. The minimum atomic E-state index is 0.216. The van der Waals surface area contributed by atoms with Crippen molar-refractivity contribution in [1.29, 1.82) is 0 Å². The smallest absolute Gasteiger partial charge is 0.191 e. The molecule has 3 rings (SSSR count). The largest absolute Gasteiger partial charge is 0.493 e. The fourth-order valence-electron chi connectivity index (χ4n) is 2.71. The molecule has 2 heterocycles. The van der Waals surface area contributed by atoms with Crippen molar-refractivity contribution in [2.75, 3.05) is 32.8 Å². The number of morpholine rings is 1. The van der Waals surface area contributed by atoms with Crippen LogP contribution in [0.15, 0.2) is 29.3 Å². The second kappa shape index (κ2) is 5.71. The number of nitrogens with two attached hydrogens (primary N) is 1. The molecule has 0 bridgehead atoms. The summed E-state index contributed by atoms with van der Waals surface area (Å²) < 4.78 is 11.2. The van der Waals surface area contributed by atoms with Crippen molar-refractivity contribution in [2.24, 2.45) is 10.7 Å². The van der Waals surface area contributed by atoms with Crippen LogP contribution in [0, 0.1) is 0 Å². The van der Waals surface area contributed by atoms with Crippen LogP contribution < -0.4 is 10.5 Å². The lowest BCUT2D eigenvalue weighted by molar-refractivity contribution is 0.00529. The van der Waals surface area contributed by atoms with Crippen LogP contribution in [-0.4, -0.2) is 49.8 Å². The highest BCUT2D eigenvalue weighted by molar-refractivity contribution is 5.78. The van der Waals surface area contributed by atoms with E-state index in [0.29, 0.717) is 31.6 Å². The number of hydrogen-bond donors (Lipinski definition) is 1. The number of para-hydroxylation sites is 1. The summed E-state index contributed by atoms with van der Waals surface area (Å²) in [6, 6.07) is 8.15. The highest BCUT2D eigenvalue weighted by Gasteiger charge is 2.24. The van der Waals surface area contributed by atoms with Crippen molar-refractivity contribution < 1.29 is 9.47 Å². The average molecular weight is 275 g/mol. The number of guanidine groups is 1. The molecule has 2 unspecified atom stereocenters. The molecular formula is C15H21N3O2. The number of benzene rings is 1. The van der Waals surface area contributed by atoms with Gasteiger partial charge < -0.3 is 20.1 Å². The van der Waals surface area contributed by atoms with Crippen LogP contribution in [0.3, 0.4) is 0 Å². The Balaban J connectivity index is 1.63. The van der Waals surface area contributed by atoms with E-state index in [4.69, 9.17) is 15.2 Å². The minimum Gasteiger partial charge on any atom is -0.493 e. The Morgan fingerprint density at radius 1 is 1.45 bits per heavy atom. The molecule has 108 valence electrons. The predicted octanol–water partition coefficient (Wildman–Crippen LogP) is 1.20. The van der Waals surface area contributed by atoms with E-state index < -0.39 is 0 Å². The second-order valence-electron chi connectivity index (χ2n) is 5.37. The molecule has 2 N–H and O–H groups in total. The fraction of sp³-hybridized carbons (Fsp3) is 0.533. The quantitative estimate of drug-likeness (QED) is 0.651. The van der Waals surface area contributed by atoms with E-state index in [-0.39, 0.29) is 6.10 Å². The molecule has 0 amide bonds. The highest BCUT2D eigenvalue weighted by atomic mass is 16.5. The zero-order chi connectivity index (χ0) is 13.9. The van der Waals surface area contributed by atoms with Crippen LogP contribution in [0.2, 0.25) is 0 Å². The van der Waals surface area contributed by atoms with Gasteiger partial charge in [-0.3, -0.25) is 4.99 Å². The Bertz CT molecular complexity index is 504. The van der Waals surface area contributed by atoms with Crippen LogP contribution in [-0.2, 0) is 4.74 Å². The maximum atomic E-state index is 6.09. The van der Waals surface area contributed by atoms with Gasteiger partial charge in [0.1, 0.15) is 5.75 Å². The van der Waals surface area contributed by atoms with Crippen molar-refractivity contribution in [2.45, 2.75) is 18.9 Å². The van der Waals surface area contributed by atoms with E-state index >= 15 is 0 Å². The summed E-state index contributed by atoms with van der Waals surface area (Å²) in [4.78, 5) is 6.64. The molecule has 1 aromatic rings. The minimum absolute atomic E-state index is 0.216.